The van der Waals surface area contributed by atoms with Gasteiger partial charge in [-0.05, 0) is 26.3 Å². The van der Waals surface area contributed by atoms with Gasteiger partial charge in [-0.3, -0.25) is 0 Å². The van der Waals surface area contributed by atoms with Crippen molar-refractivity contribution >= 4 is 5.97 Å². The van der Waals surface area contributed by atoms with E-state index in [1.807, 2.05) is 0 Å². The third-order valence-electron chi connectivity index (χ3n) is 2.62. The van der Waals surface area contributed by atoms with E-state index in [0.717, 1.165) is 0 Å². The molecule has 1 rings (SSSR count). The second kappa shape index (κ2) is 7.11. The van der Waals surface area contributed by atoms with E-state index in [9.17, 15) is 18.0 Å². The van der Waals surface area contributed by atoms with Crippen LogP contribution in [0, 0.1) is 0 Å². The van der Waals surface area contributed by atoms with Crippen LogP contribution in [0.25, 0.3) is 0 Å². The average Bonchev–Trinajstić information content (AvgIpc) is 2.36. The number of hydrogen-bond donors (Lipinski definition) is 1. The van der Waals surface area contributed by atoms with Crippen LogP contribution >= 0.6 is 0 Å². The summed E-state index contributed by atoms with van der Waals surface area (Å²) in [6.07, 6.45) is -6.68. The fraction of sp³-hybridized carbons (Fsp3) is 0.533. The number of ether oxygens (including phenoxy) is 2. The fourth-order valence-electron chi connectivity index (χ4n) is 1.61. The molecule has 0 spiro atoms. The highest BCUT2D eigenvalue weighted by Crippen LogP contribution is 2.24. The van der Waals surface area contributed by atoms with Crippen LogP contribution in [0.5, 0.6) is 0 Å². The Hall–Kier alpha value is -1.60. The molecule has 124 valence electrons. The topological polar surface area (TPSA) is 61.5 Å². The van der Waals surface area contributed by atoms with Crippen molar-refractivity contribution in [3.8, 4) is 0 Å². The first-order chi connectivity index (χ1) is 10.0. The van der Waals surface area contributed by atoms with Crippen LogP contribution in [0.4, 0.5) is 13.2 Å². The molecule has 4 nitrogen and oxygen atoms in total. The monoisotopic (exact) mass is 319 g/mol. The Bertz CT molecular complexity index is 483. The number of esters is 1. The molecule has 2 atom stereocenters. The predicted molar refractivity (Wildman–Crippen MR) is 74.9 cm³/mol. The van der Waals surface area contributed by atoms with Gasteiger partial charge in [0.1, 0.15) is 11.6 Å². The summed E-state index contributed by atoms with van der Waals surface area (Å²) in [5.74, 6) is -1.13. The van der Waals surface area contributed by atoms with Crippen molar-refractivity contribution in [2.75, 3.05) is 0 Å². The molecule has 0 unspecified atom stereocenters. The molecular formula is C15H20F3NO3. The largest absolute Gasteiger partial charge is 0.458 e. The van der Waals surface area contributed by atoms with Gasteiger partial charge in [-0.1, -0.05) is 30.3 Å². The van der Waals surface area contributed by atoms with Crippen molar-refractivity contribution in [3.63, 3.8) is 0 Å². The molecule has 2 N–H and O–H groups in total. The third kappa shape index (κ3) is 6.03. The minimum Gasteiger partial charge on any atom is -0.458 e. The Morgan fingerprint density at radius 1 is 1.18 bits per heavy atom. The molecule has 1 aromatic carbocycles. The van der Waals surface area contributed by atoms with Gasteiger partial charge >= 0.3 is 12.1 Å². The average molecular weight is 319 g/mol. The summed E-state index contributed by atoms with van der Waals surface area (Å²) in [5.41, 5.74) is 4.82. The second-order valence-electron chi connectivity index (χ2n) is 5.82. The Labute approximate surface area is 127 Å². The van der Waals surface area contributed by atoms with E-state index in [1.165, 1.54) is 0 Å². The summed E-state index contributed by atoms with van der Waals surface area (Å²) in [4.78, 5) is 11.9. The smallest absolute Gasteiger partial charge is 0.406 e. The van der Waals surface area contributed by atoms with Gasteiger partial charge in [0.05, 0.1) is 6.61 Å². The maximum absolute atomic E-state index is 12.8. The molecular weight excluding hydrogens is 299 g/mol. The van der Waals surface area contributed by atoms with E-state index in [0.29, 0.717) is 5.56 Å². The number of nitrogens with two attached hydrogens (primary N) is 1. The summed E-state index contributed by atoms with van der Waals surface area (Å²) in [7, 11) is 0. The third-order valence-corrected chi connectivity index (χ3v) is 2.62. The maximum atomic E-state index is 12.8. The lowest BCUT2D eigenvalue weighted by Crippen LogP contribution is -2.53. The molecule has 1 aromatic rings. The Kier molecular flexibility index (Phi) is 5.96. The molecule has 0 fully saturated rings. The highest BCUT2D eigenvalue weighted by molar-refractivity contribution is 5.76. The van der Waals surface area contributed by atoms with Crippen molar-refractivity contribution in [2.24, 2.45) is 5.73 Å². The van der Waals surface area contributed by atoms with Gasteiger partial charge in [-0.2, -0.15) is 13.2 Å². The van der Waals surface area contributed by atoms with E-state index in [1.54, 1.807) is 51.1 Å². The molecule has 22 heavy (non-hydrogen) atoms. The Morgan fingerprint density at radius 2 is 1.73 bits per heavy atom. The summed E-state index contributed by atoms with van der Waals surface area (Å²) >= 11 is 0. The molecule has 0 aliphatic carbocycles. The Morgan fingerprint density at radius 3 is 2.18 bits per heavy atom. The van der Waals surface area contributed by atoms with Gasteiger partial charge in [0.15, 0.2) is 6.10 Å². The van der Waals surface area contributed by atoms with E-state index in [4.69, 9.17) is 15.2 Å². The first-order valence-corrected chi connectivity index (χ1v) is 6.71. The van der Waals surface area contributed by atoms with Crippen molar-refractivity contribution in [1.29, 1.82) is 0 Å². The highest BCUT2D eigenvalue weighted by atomic mass is 19.4. The van der Waals surface area contributed by atoms with Gasteiger partial charge in [0.2, 0.25) is 0 Å². The van der Waals surface area contributed by atoms with E-state index in [2.05, 4.69) is 0 Å². The lowest BCUT2D eigenvalue weighted by molar-refractivity contribution is -0.200. The van der Waals surface area contributed by atoms with Crippen LogP contribution in [-0.2, 0) is 20.9 Å². The zero-order chi connectivity index (χ0) is 17.0. The van der Waals surface area contributed by atoms with Crippen LogP contribution in [0.3, 0.4) is 0 Å². The van der Waals surface area contributed by atoms with Crippen molar-refractivity contribution in [2.45, 2.75) is 51.3 Å². The predicted octanol–water partition coefficient (Wildman–Crippen LogP) is 2.80. The molecule has 0 aromatic heterocycles. The van der Waals surface area contributed by atoms with Crippen LogP contribution in [0.15, 0.2) is 30.3 Å². The molecule has 0 amide bonds. The fourth-order valence-corrected chi connectivity index (χ4v) is 1.61. The van der Waals surface area contributed by atoms with E-state index in [-0.39, 0.29) is 6.61 Å². The van der Waals surface area contributed by atoms with Crippen LogP contribution in [0.1, 0.15) is 26.3 Å². The Balaban J connectivity index is 2.84. The summed E-state index contributed by atoms with van der Waals surface area (Å²) < 4.78 is 48.5. The standard InChI is InChI=1S/C15H20F3NO3/c1-14(2,3)22-13(20)11(12(19)15(16,17)18)21-9-10-7-5-4-6-8-10/h4-8,11-12H,9,19H2,1-3H3/t11-,12-/m1/s1. The molecule has 7 heteroatoms. The first kappa shape index (κ1) is 18.4. The summed E-state index contributed by atoms with van der Waals surface area (Å²) in [6, 6.07) is 6.08. The van der Waals surface area contributed by atoms with Gasteiger partial charge in [-0.15, -0.1) is 0 Å². The number of alkyl halides is 3. The summed E-state index contributed by atoms with van der Waals surface area (Å²) in [5, 5.41) is 0. The zero-order valence-corrected chi connectivity index (χ0v) is 12.7. The summed E-state index contributed by atoms with van der Waals surface area (Å²) in [6.45, 7) is 4.49. The second-order valence-corrected chi connectivity index (χ2v) is 5.82. The number of benzene rings is 1. The SMILES string of the molecule is CC(C)(C)OC(=O)[C@H](OCc1ccccc1)[C@@H](N)C(F)(F)F. The van der Waals surface area contributed by atoms with E-state index < -0.39 is 29.9 Å². The highest BCUT2D eigenvalue weighted by Gasteiger charge is 2.47. The number of carbonyl (C=O) groups excluding carboxylic acids is 1. The molecule has 0 saturated heterocycles. The van der Waals surface area contributed by atoms with Crippen LogP contribution in [-0.4, -0.2) is 29.9 Å². The first-order valence-electron chi connectivity index (χ1n) is 6.71. The van der Waals surface area contributed by atoms with E-state index >= 15 is 0 Å². The molecule has 0 aliphatic rings. The molecule has 0 heterocycles. The number of rotatable bonds is 5. The van der Waals surface area contributed by atoms with Crippen molar-refractivity contribution in [3.05, 3.63) is 35.9 Å². The van der Waals surface area contributed by atoms with Crippen molar-refractivity contribution < 1.29 is 27.4 Å². The van der Waals surface area contributed by atoms with Crippen LogP contribution in [0.2, 0.25) is 0 Å². The van der Waals surface area contributed by atoms with Gasteiger partial charge in [0.25, 0.3) is 0 Å². The number of halogens is 3. The number of hydrogen-bond acceptors (Lipinski definition) is 4. The number of carbonyl (C=O) groups is 1. The van der Waals surface area contributed by atoms with Gasteiger partial charge in [-0.25, -0.2) is 4.79 Å². The van der Waals surface area contributed by atoms with Crippen molar-refractivity contribution in [1.82, 2.24) is 0 Å². The van der Waals surface area contributed by atoms with Gasteiger partial charge in [0, 0.05) is 0 Å². The minimum absolute atomic E-state index is 0.172. The molecule has 0 saturated carbocycles. The lowest BCUT2D eigenvalue weighted by atomic mass is 10.1. The minimum atomic E-state index is -4.77. The quantitative estimate of drug-likeness (QED) is 0.848. The van der Waals surface area contributed by atoms with Gasteiger partial charge < -0.3 is 15.2 Å². The zero-order valence-electron chi connectivity index (χ0n) is 12.7. The molecule has 0 bridgehead atoms. The lowest BCUT2D eigenvalue weighted by Gasteiger charge is -2.28. The maximum Gasteiger partial charge on any atom is 0.406 e. The molecule has 0 radical (unpaired) electrons. The van der Waals surface area contributed by atoms with Crippen LogP contribution < -0.4 is 5.73 Å². The molecule has 0 aliphatic heterocycles. The normalized spacial score (nSPS) is 15.2.